The molecule has 0 saturated heterocycles. The lowest BCUT2D eigenvalue weighted by molar-refractivity contribution is 0.771. The fourth-order valence-corrected chi connectivity index (χ4v) is 14.5. The first-order chi connectivity index (χ1) is 40.2. The molecular formula is C75H44N6. The maximum atomic E-state index is 12.9. The number of hydrogen-bond donors (Lipinski definition) is 0. The molecule has 17 rings (SSSR count). The maximum absolute atomic E-state index is 12.9. The third-order valence-electron chi connectivity index (χ3n) is 17.5. The van der Waals surface area contributed by atoms with Crippen molar-refractivity contribution < 1.29 is 0 Å². The van der Waals surface area contributed by atoms with Gasteiger partial charge in [-0.1, -0.05) is 224 Å². The summed E-state index contributed by atoms with van der Waals surface area (Å²) in [7, 11) is 0. The molecular weight excluding hydrogens is 985 g/mol. The van der Waals surface area contributed by atoms with Crippen molar-refractivity contribution >= 4 is 87.2 Å². The van der Waals surface area contributed by atoms with E-state index in [-0.39, 0.29) is 0 Å². The Bertz CT molecular complexity index is 5090. The van der Waals surface area contributed by atoms with Gasteiger partial charge in [-0.15, -0.1) is 0 Å². The van der Waals surface area contributed by atoms with Crippen molar-refractivity contribution in [1.29, 1.82) is 10.5 Å². The number of aromatic nitrogens is 4. The van der Waals surface area contributed by atoms with E-state index in [9.17, 15) is 10.5 Å². The largest absolute Gasteiger partial charge is 0.306 e. The lowest BCUT2D eigenvalue weighted by atomic mass is 9.67. The van der Waals surface area contributed by atoms with Gasteiger partial charge in [0.1, 0.15) is 23.3 Å². The van der Waals surface area contributed by atoms with Crippen LogP contribution in [0.25, 0.3) is 121 Å². The number of para-hydroxylation sites is 7. The molecule has 374 valence electrons. The van der Waals surface area contributed by atoms with Crippen LogP contribution in [0.15, 0.2) is 267 Å². The van der Waals surface area contributed by atoms with Gasteiger partial charge in [0.25, 0.3) is 0 Å². The fraction of sp³-hybridized carbons (Fsp3) is 0.0133. The van der Waals surface area contributed by atoms with Crippen molar-refractivity contribution in [2.45, 2.75) is 5.41 Å². The summed E-state index contributed by atoms with van der Waals surface area (Å²) < 4.78 is 9.29. The highest BCUT2D eigenvalue weighted by Crippen LogP contribution is 2.60. The molecule has 0 spiro atoms. The van der Waals surface area contributed by atoms with Gasteiger partial charge in [0.05, 0.1) is 72.3 Å². The van der Waals surface area contributed by atoms with Crippen molar-refractivity contribution in [1.82, 2.24) is 18.3 Å². The summed E-state index contributed by atoms with van der Waals surface area (Å²) in [5, 5.41) is 34.2. The monoisotopic (exact) mass is 1030 g/mol. The van der Waals surface area contributed by atoms with Crippen molar-refractivity contribution in [3.63, 3.8) is 0 Å². The van der Waals surface area contributed by atoms with Crippen molar-refractivity contribution in [3.8, 4) is 46.0 Å². The lowest BCUT2D eigenvalue weighted by Gasteiger charge is -2.35. The number of hydrogen-bond acceptors (Lipinski definition) is 2. The van der Waals surface area contributed by atoms with E-state index < -0.39 is 5.41 Å². The Hall–Kier alpha value is -11.2. The smallest absolute Gasteiger partial charge is 0.104 e. The van der Waals surface area contributed by atoms with Gasteiger partial charge in [0.2, 0.25) is 0 Å². The fourth-order valence-electron chi connectivity index (χ4n) is 14.5. The van der Waals surface area contributed by atoms with Crippen LogP contribution in [0.3, 0.4) is 0 Å². The van der Waals surface area contributed by atoms with Gasteiger partial charge in [-0.05, 0) is 70.3 Å². The molecule has 0 N–H and O–H groups in total. The molecule has 0 bridgehead atoms. The molecule has 0 aliphatic heterocycles. The highest BCUT2D eigenvalue weighted by Gasteiger charge is 2.48. The molecule has 4 heterocycles. The van der Waals surface area contributed by atoms with E-state index in [1.54, 1.807) is 0 Å². The first-order valence-electron chi connectivity index (χ1n) is 27.5. The molecule has 6 heteroatoms. The van der Waals surface area contributed by atoms with Crippen LogP contribution in [0.2, 0.25) is 0 Å². The summed E-state index contributed by atoms with van der Waals surface area (Å²) in [6.07, 6.45) is 0. The van der Waals surface area contributed by atoms with Gasteiger partial charge in [0.15, 0.2) is 0 Å². The summed E-state index contributed by atoms with van der Waals surface area (Å²) in [6, 6.07) is 101. The molecule has 4 aromatic heterocycles. The molecule has 6 nitrogen and oxygen atoms in total. The Balaban J connectivity index is 1.19. The third kappa shape index (κ3) is 5.82. The number of fused-ring (bicyclic) bond motifs is 16. The minimum atomic E-state index is -0.839. The first-order valence-corrected chi connectivity index (χ1v) is 27.5. The van der Waals surface area contributed by atoms with Crippen molar-refractivity contribution in [2.75, 3.05) is 0 Å². The van der Waals surface area contributed by atoms with Crippen LogP contribution in [-0.2, 0) is 5.41 Å². The third-order valence-corrected chi connectivity index (χ3v) is 17.5. The summed E-state index contributed by atoms with van der Waals surface area (Å²) in [5.74, 6) is 0. The van der Waals surface area contributed by atoms with Crippen molar-refractivity contribution in [3.05, 3.63) is 300 Å². The topological polar surface area (TPSA) is 67.3 Å². The minimum absolute atomic E-state index is 0.361. The quantitative estimate of drug-likeness (QED) is 0.167. The predicted octanol–water partition coefficient (Wildman–Crippen LogP) is 18.2. The molecule has 0 amide bonds. The van der Waals surface area contributed by atoms with Crippen LogP contribution in [-0.4, -0.2) is 18.3 Å². The zero-order valence-corrected chi connectivity index (χ0v) is 43.6. The standard InChI is InChI=1S/C75H44N6/c76-45-59-70(81-68-42-22-14-34-56(68)58-44-43-57-49-27-7-15-35-61(49)75(69(57)71(58)81,47-23-3-1-4-24-47)48-25-5-2-6-26-48)60(46-77)73(79-64-38-18-10-30-52(64)53-31-11-19-39-65(53)79)74(80-66-40-20-12-32-54(66)55-33-13-21-41-67(55)80)72(59)78-62-36-16-8-28-50(62)51-29-9-17-37-63(51)78/h1-44H. The van der Waals surface area contributed by atoms with E-state index in [2.05, 4.69) is 297 Å². The number of nitrogens with zero attached hydrogens (tertiary/aromatic N) is 6. The molecule has 0 saturated carbocycles. The molecule has 16 aromatic rings. The van der Waals surface area contributed by atoms with E-state index in [1.807, 2.05) is 0 Å². The number of benzene rings is 12. The molecule has 0 atom stereocenters. The van der Waals surface area contributed by atoms with Gasteiger partial charge in [-0.25, -0.2) is 0 Å². The van der Waals surface area contributed by atoms with Crippen LogP contribution < -0.4 is 0 Å². The van der Waals surface area contributed by atoms with Gasteiger partial charge in [0, 0.05) is 48.7 Å². The second-order valence-corrected chi connectivity index (χ2v) is 21.2. The van der Waals surface area contributed by atoms with E-state index in [0.717, 1.165) is 115 Å². The van der Waals surface area contributed by atoms with E-state index in [4.69, 9.17) is 0 Å². The van der Waals surface area contributed by atoms with Gasteiger partial charge >= 0.3 is 0 Å². The van der Waals surface area contributed by atoms with Crippen LogP contribution in [0.4, 0.5) is 0 Å². The molecule has 12 aromatic carbocycles. The Morgan fingerprint density at radius 1 is 0.259 bits per heavy atom. The molecule has 1 aliphatic carbocycles. The predicted molar refractivity (Wildman–Crippen MR) is 331 cm³/mol. The van der Waals surface area contributed by atoms with Crippen LogP contribution >= 0.6 is 0 Å². The maximum Gasteiger partial charge on any atom is 0.104 e. The minimum Gasteiger partial charge on any atom is -0.306 e. The zero-order valence-electron chi connectivity index (χ0n) is 43.6. The summed E-state index contributed by atoms with van der Waals surface area (Å²) in [5.41, 5.74) is 16.6. The van der Waals surface area contributed by atoms with Gasteiger partial charge in [-0.2, -0.15) is 10.5 Å². The Labute approximate surface area is 465 Å². The summed E-state index contributed by atoms with van der Waals surface area (Å²) in [4.78, 5) is 0. The Morgan fingerprint density at radius 3 is 0.975 bits per heavy atom. The first kappa shape index (κ1) is 44.9. The SMILES string of the molecule is N#Cc1c(-n2c3ccccc3c3ccccc32)c(-n2c3ccccc3c3ccccc32)c(-n2c3ccccc3c3ccccc32)c(C#N)c1-n1c2ccccc2c2ccc3c(c21)C(c1ccccc1)(c1ccccc1)c1ccccc1-3. The number of nitriles is 2. The second kappa shape index (κ2) is 16.9. The van der Waals surface area contributed by atoms with Gasteiger partial charge < -0.3 is 18.3 Å². The molecule has 81 heavy (non-hydrogen) atoms. The van der Waals surface area contributed by atoms with Crippen molar-refractivity contribution in [2.24, 2.45) is 0 Å². The lowest BCUT2D eigenvalue weighted by Crippen LogP contribution is -2.29. The zero-order chi connectivity index (χ0) is 53.5. The normalized spacial score (nSPS) is 12.8. The molecule has 0 fully saturated rings. The Kier molecular flexibility index (Phi) is 9.37. The second-order valence-electron chi connectivity index (χ2n) is 21.2. The van der Waals surface area contributed by atoms with Crippen LogP contribution in [0, 0.1) is 22.7 Å². The molecule has 0 unspecified atom stereocenters. The highest BCUT2D eigenvalue weighted by atomic mass is 15.1. The van der Waals surface area contributed by atoms with E-state index >= 15 is 0 Å². The Morgan fingerprint density at radius 2 is 0.580 bits per heavy atom. The summed E-state index contributed by atoms with van der Waals surface area (Å²) in [6.45, 7) is 0. The highest BCUT2D eigenvalue weighted by molar-refractivity contribution is 6.17. The molecule has 0 radical (unpaired) electrons. The van der Waals surface area contributed by atoms with Crippen LogP contribution in [0.5, 0.6) is 0 Å². The van der Waals surface area contributed by atoms with E-state index in [0.29, 0.717) is 33.9 Å². The summed E-state index contributed by atoms with van der Waals surface area (Å²) >= 11 is 0. The average molecular weight is 1030 g/mol. The molecule has 1 aliphatic rings. The van der Waals surface area contributed by atoms with E-state index in [1.165, 1.54) is 5.56 Å². The average Bonchev–Trinajstić information content (AvgIpc) is 2.63. The number of rotatable bonds is 6. The van der Waals surface area contributed by atoms with Gasteiger partial charge in [-0.3, -0.25) is 0 Å². The van der Waals surface area contributed by atoms with Crippen LogP contribution in [0.1, 0.15) is 33.4 Å².